The fourth-order valence-electron chi connectivity index (χ4n) is 15.1. The molecule has 3 aliphatic heterocycles. The van der Waals surface area contributed by atoms with Crippen LogP contribution >= 0.6 is 0 Å². The van der Waals surface area contributed by atoms with E-state index in [0.717, 1.165) is 64.9 Å². The fraction of sp³-hybridized carbons (Fsp3) is 0.918. The molecule has 382 valence electrons. The Bertz CT molecular complexity index is 1860. The molecule has 4 saturated carbocycles. The van der Waals surface area contributed by atoms with Crippen LogP contribution in [0.3, 0.4) is 0 Å². The number of aliphatic hydroxyl groups excluding tert-OH is 8. The molecule has 0 aromatic rings. The minimum Gasteiger partial charge on any atom is -0.469 e. The second-order valence-electron chi connectivity index (χ2n) is 23.4. The van der Waals surface area contributed by atoms with E-state index < -0.39 is 122 Å². The average molecular weight is 955 g/mol. The van der Waals surface area contributed by atoms with E-state index in [2.05, 4.69) is 54.5 Å². The molecule has 0 radical (unpaired) electrons. The van der Waals surface area contributed by atoms with Gasteiger partial charge in [-0.3, -0.25) is 4.79 Å². The molecule has 0 amide bonds. The van der Waals surface area contributed by atoms with Crippen molar-refractivity contribution in [3.8, 4) is 0 Å². The lowest BCUT2D eigenvalue weighted by molar-refractivity contribution is -0.391. The molecule has 5 aliphatic carbocycles. The van der Waals surface area contributed by atoms with Gasteiger partial charge in [0, 0.05) is 0 Å². The molecule has 18 heteroatoms. The van der Waals surface area contributed by atoms with E-state index in [4.69, 9.17) is 37.9 Å². The first-order valence-electron chi connectivity index (χ1n) is 24.5. The van der Waals surface area contributed by atoms with Crippen LogP contribution in [-0.4, -0.2) is 172 Å². The molecule has 8 aliphatic rings. The monoisotopic (exact) mass is 955 g/mol. The van der Waals surface area contributed by atoms with E-state index in [1.807, 2.05) is 0 Å². The molecule has 18 nitrogen and oxygen atoms in total. The molecule has 8 N–H and O–H groups in total. The maximum absolute atomic E-state index is 13.8. The van der Waals surface area contributed by atoms with E-state index >= 15 is 0 Å². The number of fused-ring (bicyclic) bond motifs is 7. The minimum absolute atomic E-state index is 0.0702. The Hall–Kier alpha value is -1.88. The van der Waals surface area contributed by atoms with Gasteiger partial charge in [-0.25, -0.2) is 4.79 Å². The maximum atomic E-state index is 13.8. The first kappa shape index (κ1) is 51.5. The summed E-state index contributed by atoms with van der Waals surface area (Å²) in [6.07, 6.45) is -13.5. The highest BCUT2D eigenvalue weighted by Crippen LogP contribution is 2.76. The van der Waals surface area contributed by atoms with Crippen LogP contribution in [0.5, 0.6) is 0 Å². The van der Waals surface area contributed by atoms with Crippen molar-refractivity contribution >= 4 is 11.9 Å². The van der Waals surface area contributed by atoms with Gasteiger partial charge in [-0.15, -0.1) is 0 Å². The van der Waals surface area contributed by atoms with Gasteiger partial charge < -0.3 is 78.7 Å². The van der Waals surface area contributed by atoms with Gasteiger partial charge in [0.2, 0.25) is 0 Å². The van der Waals surface area contributed by atoms with Crippen LogP contribution in [0, 0.1) is 50.2 Å². The van der Waals surface area contributed by atoms with Crippen LogP contribution in [0.1, 0.15) is 113 Å². The molecule has 3 saturated heterocycles. The quantitative estimate of drug-likeness (QED) is 0.0927. The molecule has 0 spiro atoms. The Morgan fingerprint density at radius 2 is 1.36 bits per heavy atom. The number of rotatable bonds is 9. The number of hydrogen-bond acceptors (Lipinski definition) is 18. The SMILES string of the molecule is COC(=O)C1OC(OC2CCC3(C)C(CCC4(C)C3CC=C3C5CC(C)(C)CCC5(C(=O)OC)CCC34C)C2(C)C)C(OC2OCC(O)C(O)C2O)C(OC2OC(CO)C(O)C(O)C2O)C1O. The minimum atomic E-state index is -1.93. The van der Waals surface area contributed by atoms with Gasteiger partial charge in [-0.05, 0) is 109 Å². The highest BCUT2D eigenvalue weighted by molar-refractivity contribution is 5.78. The summed E-state index contributed by atoms with van der Waals surface area (Å²) in [5, 5.41) is 85.9. The lowest BCUT2D eigenvalue weighted by Crippen LogP contribution is -2.68. The number of methoxy groups -OCH3 is 2. The van der Waals surface area contributed by atoms with Crippen LogP contribution < -0.4 is 0 Å². The number of allylic oxidation sites excluding steroid dienone is 2. The van der Waals surface area contributed by atoms with Crippen molar-refractivity contribution in [1.82, 2.24) is 0 Å². The van der Waals surface area contributed by atoms with E-state index in [1.54, 1.807) is 0 Å². The lowest BCUT2D eigenvalue weighted by Gasteiger charge is -2.71. The van der Waals surface area contributed by atoms with Crippen LogP contribution in [-0.2, 0) is 47.5 Å². The Morgan fingerprint density at radius 3 is 2.03 bits per heavy atom. The third-order valence-electron chi connectivity index (χ3n) is 19.3. The number of ether oxygens (including phenoxy) is 8. The van der Waals surface area contributed by atoms with E-state index in [1.165, 1.54) is 12.7 Å². The van der Waals surface area contributed by atoms with Crippen molar-refractivity contribution in [3.63, 3.8) is 0 Å². The fourth-order valence-corrected chi connectivity index (χ4v) is 15.1. The van der Waals surface area contributed by atoms with Crippen molar-refractivity contribution in [2.75, 3.05) is 27.4 Å². The van der Waals surface area contributed by atoms with Crippen LogP contribution in [0.4, 0.5) is 0 Å². The van der Waals surface area contributed by atoms with Gasteiger partial charge in [0.25, 0.3) is 0 Å². The molecule has 3 heterocycles. The molecular weight excluding hydrogens is 877 g/mol. The summed E-state index contributed by atoms with van der Waals surface area (Å²) in [6, 6.07) is 0. The second kappa shape index (κ2) is 18.3. The summed E-state index contributed by atoms with van der Waals surface area (Å²) in [7, 11) is 2.63. The molecule has 22 atom stereocenters. The molecule has 0 bridgehead atoms. The normalized spacial score (nSPS) is 51.4. The van der Waals surface area contributed by atoms with E-state index in [-0.39, 0.29) is 39.5 Å². The lowest BCUT2D eigenvalue weighted by atomic mass is 9.33. The smallest absolute Gasteiger partial charge is 0.337 e. The molecule has 7 fully saturated rings. The average Bonchev–Trinajstić information content (AvgIpc) is 3.28. The van der Waals surface area contributed by atoms with Gasteiger partial charge in [0.1, 0.15) is 61.0 Å². The standard InChI is InChI=1S/C49H78O18/c1-44(2)16-18-49(43(59)61-9)19-17-47(6)23(24(49)20-44)10-11-28-46(5)14-13-29(45(3,4)27(46)12-15-48(28,47)7)64-42-38(67-40-33(55)30(52)25(51)22-62-40)36(35(57)37(66-42)39(58)60-8)65-41-34(56)32(54)31(53)26(21-50)63-41/h10,24-38,40-42,50-57H,11-22H2,1-9H3. The Labute approximate surface area is 393 Å². The van der Waals surface area contributed by atoms with Crippen molar-refractivity contribution < 1.29 is 88.3 Å². The largest absolute Gasteiger partial charge is 0.469 e. The first-order chi connectivity index (χ1) is 31.4. The molecule has 22 unspecified atom stereocenters. The van der Waals surface area contributed by atoms with Gasteiger partial charge in [-0.2, -0.15) is 0 Å². The summed E-state index contributed by atoms with van der Waals surface area (Å²) in [6.45, 7) is 15.1. The Balaban J connectivity index is 1.11. The number of hydrogen-bond donors (Lipinski definition) is 8. The Kier molecular flexibility index (Phi) is 14.1. The summed E-state index contributed by atoms with van der Waals surface area (Å²) in [5.74, 6) is -0.525. The van der Waals surface area contributed by atoms with Crippen molar-refractivity contribution in [1.29, 1.82) is 0 Å². The van der Waals surface area contributed by atoms with Crippen molar-refractivity contribution in [3.05, 3.63) is 11.6 Å². The van der Waals surface area contributed by atoms with Crippen LogP contribution in [0.2, 0.25) is 0 Å². The zero-order valence-electron chi connectivity index (χ0n) is 40.6. The van der Waals surface area contributed by atoms with E-state index in [9.17, 15) is 50.4 Å². The van der Waals surface area contributed by atoms with Gasteiger partial charge >= 0.3 is 11.9 Å². The number of esters is 2. The molecular formula is C49H78O18. The number of aliphatic hydroxyl groups is 8. The molecule has 0 aromatic carbocycles. The summed E-state index contributed by atoms with van der Waals surface area (Å²) in [5.41, 5.74) is 0.135. The van der Waals surface area contributed by atoms with Gasteiger partial charge in [0.05, 0.1) is 39.0 Å². The predicted octanol–water partition coefficient (Wildman–Crippen LogP) is 1.61. The summed E-state index contributed by atoms with van der Waals surface area (Å²) in [4.78, 5) is 27.1. The van der Waals surface area contributed by atoms with E-state index in [0.29, 0.717) is 12.3 Å². The van der Waals surface area contributed by atoms with Gasteiger partial charge in [0.15, 0.2) is 25.0 Å². The zero-order chi connectivity index (χ0) is 49.0. The molecule has 0 aromatic heterocycles. The first-order valence-corrected chi connectivity index (χ1v) is 24.5. The van der Waals surface area contributed by atoms with Crippen molar-refractivity contribution in [2.45, 2.75) is 205 Å². The maximum Gasteiger partial charge on any atom is 0.337 e. The third-order valence-corrected chi connectivity index (χ3v) is 19.3. The summed E-state index contributed by atoms with van der Waals surface area (Å²) >= 11 is 0. The van der Waals surface area contributed by atoms with Crippen molar-refractivity contribution in [2.24, 2.45) is 50.2 Å². The highest BCUT2D eigenvalue weighted by Gasteiger charge is 2.70. The molecule has 67 heavy (non-hydrogen) atoms. The highest BCUT2D eigenvalue weighted by atomic mass is 16.8. The Morgan fingerprint density at radius 1 is 0.687 bits per heavy atom. The second-order valence-corrected chi connectivity index (χ2v) is 23.4. The molecule has 8 rings (SSSR count). The third kappa shape index (κ3) is 8.16. The van der Waals surface area contributed by atoms with Crippen LogP contribution in [0.25, 0.3) is 0 Å². The number of carbonyl (C=O) groups is 2. The van der Waals surface area contributed by atoms with Gasteiger partial charge in [-0.1, -0.05) is 60.1 Å². The topological polar surface area (TPSA) is 270 Å². The van der Waals surface area contributed by atoms with Crippen LogP contribution in [0.15, 0.2) is 11.6 Å². The zero-order valence-corrected chi connectivity index (χ0v) is 40.6. The number of carbonyl (C=O) groups excluding carboxylic acids is 2. The predicted molar refractivity (Wildman–Crippen MR) is 234 cm³/mol. The summed E-state index contributed by atoms with van der Waals surface area (Å²) < 4.78 is 47.6.